The molecule has 0 spiro atoms. The normalized spacial score (nSPS) is 11.8. The Hall–Kier alpha value is -0.850. The third-order valence-electron chi connectivity index (χ3n) is 2.57. The quantitative estimate of drug-likeness (QED) is 0.848. The molecule has 0 aliphatic rings. The van der Waals surface area contributed by atoms with E-state index in [-0.39, 0.29) is 0 Å². The summed E-state index contributed by atoms with van der Waals surface area (Å²) in [6.07, 6.45) is -4.30. The van der Waals surface area contributed by atoms with Gasteiger partial charge in [-0.15, -0.1) is 11.3 Å². The molecule has 0 radical (unpaired) electrons. The van der Waals surface area contributed by atoms with Crippen molar-refractivity contribution in [1.29, 1.82) is 0 Å². The first-order valence-corrected chi connectivity index (χ1v) is 6.74. The van der Waals surface area contributed by atoms with Crippen molar-refractivity contribution < 1.29 is 13.2 Å². The van der Waals surface area contributed by atoms with Crippen LogP contribution >= 0.6 is 27.3 Å². The van der Waals surface area contributed by atoms with Crippen molar-refractivity contribution >= 4 is 27.3 Å². The average Bonchev–Trinajstić information content (AvgIpc) is 2.69. The van der Waals surface area contributed by atoms with E-state index in [0.717, 1.165) is 32.6 Å². The van der Waals surface area contributed by atoms with Crippen LogP contribution in [0, 0.1) is 0 Å². The lowest BCUT2D eigenvalue weighted by molar-refractivity contribution is -0.137. The van der Waals surface area contributed by atoms with Crippen LogP contribution in [0.4, 0.5) is 13.2 Å². The first-order valence-electron chi connectivity index (χ1n) is 5.07. The number of hydrogen-bond acceptors (Lipinski definition) is 2. The second-order valence-electron chi connectivity index (χ2n) is 3.68. The van der Waals surface area contributed by atoms with Crippen LogP contribution in [-0.4, -0.2) is 0 Å². The molecule has 2 N–H and O–H groups in total. The van der Waals surface area contributed by atoms with E-state index in [2.05, 4.69) is 15.9 Å². The first-order chi connectivity index (χ1) is 8.43. The molecule has 2 rings (SSSR count). The van der Waals surface area contributed by atoms with E-state index in [4.69, 9.17) is 5.73 Å². The van der Waals surface area contributed by atoms with Gasteiger partial charge in [0.05, 0.1) is 9.35 Å². The number of nitrogens with two attached hydrogens (primary N) is 1. The van der Waals surface area contributed by atoms with Crippen molar-refractivity contribution in [1.82, 2.24) is 0 Å². The Morgan fingerprint density at radius 1 is 1.17 bits per heavy atom. The van der Waals surface area contributed by atoms with Crippen molar-refractivity contribution in [2.45, 2.75) is 12.7 Å². The van der Waals surface area contributed by atoms with Gasteiger partial charge in [-0.3, -0.25) is 0 Å². The smallest absolute Gasteiger partial charge is 0.326 e. The number of benzene rings is 1. The monoisotopic (exact) mass is 335 g/mol. The van der Waals surface area contributed by atoms with Crippen molar-refractivity contribution in [3.8, 4) is 11.1 Å². The van der Waals surface area contributed by atoms with E-state index in [1.165, 1.54) is 23.5 Å². The van der Waals surface area contributed by atoms with Gasteiger partial charge in [-0.2, -0.15) is 13.2 Å². The van der Waals surface area contributed by atoms with Crippen LogP contribution in [0.3, 0.4) is 0 Å². The molecule has 1 heterocycles. The topological polar surface area (TPSA) is 26.0 Å². The molecule has 2 aromatic rings. The van der Waals surface area contributed by atoms with Gasteiger partial charge in [-0.1, -0.05) is 12.1 Å². The van der Waals surface area contributed by atoms with Crippen LogP contribution in [0.25, 0.3) is 11.1 Å². The summed E-state index contributed by atoms with van der Waals surface area (Å²) in [7, 11) is 0. The number of halogens is 4. The van der Waals surface area contributed by atoms with Gasteiger partial charge in [-0.25, -0.2) is 0 Å². The molecule has 0 bridgehead atoms. The van der Waals surface area contributed by atoms with Crippen molar-refractivity contribution in [2.24, 2.45) is 5.73 Å². The van der Waals surface area contributed by atoms with Crippen LogP contribution in [0.1, 0.15) is 11.1 Å². The number of hydrogen-bond donors (Lipinski definition) is 1. The molecular formula is C12H9BrF3NS. The largest absolute Gasteiger partial charge is 0.416 e. The summed E-state index contributed by atoms with van der Waals surface area (Å²) in [5.74, 6) is 0. The second-order valence-corrected chi connectivity index (χ2v) is 5.88. The molecule has 0 unspecified atom stereocenters. The number of rotatable bonds is 2. The van der Waals surface area contributed by atoms with Gasteiger partial charge in [0.25, 0.3) is 0 Å². The molecule has 0 amide bonds. The summed E-state index contributed by atoms with van der Waals surface area (Å²) in [6, 6.07) is 5.11. The number of thiophene rings is 1. The maximum Gasteiger partial charge on any atom is 0.416 e. The minimum Gasteiger partial charge on any atom is -0.326 e. The summed E-state index contributed by atoms with van der Waals surface area (Å²) in [5.41, 5.74) is 7.52. The fourth-order valence-corrected chi connectivity index (χ4v) is 3.12. The Morgan fingerprint density at radius 2 is 1.78 bits per heavy atom. The summed E-state index contributed by atoms with van der Waals surface area (Å²) < 4.78 is 38.3. The lowest BCUT2D eigenvalue weighted by atomic mass is 10.0. The van der Waals surface area contributed by atoms with Gasteiger partial charge in [0.2, 0.25) is 0 Å². The molecule has 18 heavy (non-hydrogen) atoms. The predicted molar refractivity (Wildman–Crippen MR) is 70.3 cm³/mol. The van der Waals surface area contributed by atoms with Gasteiger partial charge in [-0.05, 0) is 44.8 Å². The van der Waals surface area contributed by atoms with E-state index in [0.29, 0.717) is 6.54 Å². The second kappa shape index (κ2) is 5.03. The van der Waals surface area contributed by atoms with E-state index in [9.17, 15) is 13.2 Å². The van der Waals surface area contributed by atoms with Crippen LogP contribution < -0.4 is 5.73 Å². The average molecular weight is 336 g/mol. The zero-order valence-corrected chi connectivity index (χ0v) is 11.5. The highest BCUT2D eigenvalue weighted by Gasteiger charge is 2.30. The van der Waals surface area contributed by atoms with Crippen LogP contribution in [0.15, 0.2) is 33.4 Å². The Labute approximate surface area is 115 Å². The Morgan fingerprint density at radius 3 is 2.28 bits per heavy atom. The Balaban J connectivity index is 2.40. The van der Waals surface area contributed by atoms with Crippen molar-refractivity contribution in [3.63, 3.8) is 0 Å². The SMILES string of the molecule is NCc1c(-c2ccc(C(F)(F)F)cc2)csc1Br. The number of alkyl halides is 3. The minimum atomic E-state index is -4.30. The molecule has 1 nitrogen and oxygen atoms in total. The highest BCUT2D eigenvalue weighted by molar-refractivity contribution is 9.11. The molecule has 0 aliphatic carbocycles. The van der Waals surface area contributed by atoms with Crippen molar-refractivity contribution in [3.05, 3.63) is 44.6 Å². The summed E-state index contributed by atoms with van der Waals surface area (Å²) >= 11 is 4.85. The van der Waals surface area contributed by atoms with E-state index in [1.54, 1.807) is 0 Å². The lowest BCUT2D eigenvalue weighted by Crippen LogP contribution is -2.04. The third kappa shape index (κ3) is 2.60. The van der Waals surface area contributed by atoms with E-state index < -0.39 is 11.7 Å². The molecular weight excluding hydrogens is 327 g/mol. The Kier molecular flexibility index (Phi) is 3.79. The van der Waals surface area contributed by atoms with Gasteiger partial charge < -0.3 is 5.73 Å². The van der Waals surface area contributed by atoms with Crippen molar-refractivity contribution in [2.75, 3.05) is 0 Å². The Bertz CT molecular complexity index is 545. The standard InChI is InChI=1S/C12H9BrF3NS/c13-11-9(5-17)10(6-18-11)7-1-3-8(4-2-7)12(14,15)16/h1-4,6H,5,17H2. The maximum absolute atomic E-state index is 12.4. The zero-order valence-electron chi connectivity index (χ0n) is 9.09. The van der Waals surface area contributed by atoms with E-state index in [1.807, 2.05) is 5.38 Å². The van der Waals surface area contributed by atoms with Gasteiger partial charge in [0.15, 0.2) is 0 Å². The highest BCUT2D eigenvalue weighted by atomic mass is 79.9. The summed E-state index contributed by atoms with van der Waals surface area (Å²) in [6.45, 7) is 0.348. The van der Waals surface area contributed by atoms with Gasteiger partial charge >= 0.3 is 6.18 Å². The summed E-state index contributed by atoms with van der Waals surface area (Å²) in [5, 5.41) is 1.88. The molecule has 6 heteroatoms. The van der Waals surface area contributed by atoms with Crippen LogP contribution in [-0.2, 0) is 12.7 Å². The minimum absolute atomic E-state index is 0.348. The molecule has 0 saturated carbocycles. The molecule has 0 atom stereocenters. The van der Waals surface area contributed by atoms with Gasteiger partial charge in [0.1, 0.15) is 0 Å². The van der Waals surface area contributed by atoms with E-state index >= 15 is 0 Å². The fraction of sp³-hybridized carbons (Fsp3) is 0.167. The molecule has 0 fully saturated rings. The highest BCUT2D eigenvalue weighted by Crippen LogP contribution is 2.36. The first kappa shape index (κ1) is 13.6. The van der Waals surface area contributed by atoms with Crippen LogP contribution in [0.5, 0.6) is 0 Å². The third-order valence-corrected chi connectivity index (χ3v) is 4.42. The zero-order chi connectivity index (χ0) is 13.3. The molecule has 96 valence electrons. The summed E-state index contributed by atoms with van der Waals surface area (Å²) in [4.78, 5) is 0. The molecule has 1 aromatic heterocycles. The maximum atomic E-state index is 12.4. The molecule has 0 saturated heterocycles. The molecule has 1 aromatic carbocycles. The van der Waals surface area contributed by atoms with Gasteiger partial charge in [0, 0.05) is 11.9 Å². The predicted octanol–water partition coefficient (Wildman–Crippen LogP) is 4.66. The fourth-order valence-electron chi connectivity index (χ4n) is 1.63. The lowest BCUT2D eigenvalue weighted by Gasteiger charge is -2.08. The van der Waals surface area contributed by atoms with Crippen LogP contribution in [0.2, 0.25) is 0 Å². The molecule has 0 aliphatic heterocycles.